The van der Waals surface area contributed by atoms with E-state index in [1.54, 1.807) is 0 Å². The van der Waals surface area contributed by atoms with Gasteiger partial charge < -0.3 is 9.57 Å². The van der Waals surface area contributed by atoms with E-state index < -0.39 is 28.8 Å². The zero-order valence-corrected chi connectivity index (χ0v) is 11.5. The van der Waals surface area contributed by atoms with Gasteiger partial charge in [-0.05, 0) is 11.1 Å². The summed E-state index contributed by atoms with van der Waals surface area (Å²) in [5, 5.41) is 26.0. The van der Waals surface area contributed by atoms with Gasteiger partial charge in [-0.2, -0.15) is 0 Å². The molecule has 0 rings (SSSR count). The molecule has 0 saturated heterocycles. The van der Waals surface area contributed by atoms with Gasteiger partial charge in [0.25, 0.3) is 5.09 Å². The maximum atomic E-state index is 10.5. The standard InChI is InChI=1S/C7H13N9O6/c1-14(15(17)18)3-7(22-16(19)20)5-21-4-6(11-13-9)2-10-12-8/h6-7H,2-5H2,1H3. The first-order valence-corrected chi connectivity index (χ1v) is 5.70. The SMILES string of the molecule is CN(CC(COCC(CN=[N+]=[N-])N=[N+]=[N-])O[N+](=O)[O-])[N+](=O)[O-]. The summed E-state index contributed by atoms with van der Waals surface area (Å²) in [5.74, 6) is 0. The van der Waals surface area contributed by atoms with Gasteiger partial charge in [-0.25, -0.2) is 10.1 Å². The first-order chi connectivity index (χ1) is 10.4. The highest BCUT2D eigenvalue weighted by Crippen LogP contribution is 2.01. The van der Waals surface area contributed by atoms with Crippen molar-refractivity contribution in [1.82, 2.24) is 5.01 Å². The Bertz CT molecular complexity index is 473. The van der Waals surface area contributed by atoms with E-state index in [-0.39, 0.29) is 19.8 Å². The molecule has 0 aromatic rings. The number of likely N-dealkylation sites (N-methyl/N-ethyl adjacent to an activating group) is 1. The molecule has 122 valence electrons. The van der Waals surface area contributed by atoms with Crippen LogP contribution in [0.2, 0.25) is 0 Å². The third kappa shape index (κ3) is 8.98. The second kappa shape index (κ2) is 10.7. The first-order valence-electron chi connectivity index (χ1n) is 5.70. The molecule has 15 nitrogen and oxygen atoms in total. The van der Waals surface area contributed by atoms with Crippen LogP contribution in [0.5, 0.6) is 0 Å². The van der Waals surface area contributed by atoms with Gasteiger partial charge in [0.1, 0.15) is 6.54 Å². The van der Waals surface area contributed by atoms with Crippen LogP contribution in [0.1, 0.15) is 0 Å². The van der Waals surface area contributed by atoms with Crippen LogP contribution in [0.25, 0.3) is 20.9 Å². The average Bonchev–Trinajstić information content (AvgIpc) is 2.43. The molecule has 15 heteroatoms. The normalized spacial score (nSPS) is 12.2. The molecule has 0 aliphatic carbocycles. The fourth-order valence-electron chi connectivity index (χ4n) is 1.26. The summed E-state index contributed by atoms with van der Waals surface area (Å²) in [4.78, 5) is 30.1. The number of hydrogen-bond acceptors (Lipinski definition) is 8. The molecule has 2 atom stereocenters. The van der Waals surface area contributed by atoms with E-state index in [4.69, 9.17) is 15.8 Å². The van der Waals surface area contributed by atoms with E-state index in [1.807, 2.05) is 0 Å². The van der Waals surface area contributed by atoms with Crippen LogP contribution in [0.4, 0.5) is 0 Å². The molecule has 0 bridgehead atoms. The quantitative estimate of drug-likeness (QED) is 0.165. The van der Waals surface area contributed by atoms with E-state index in [0.29, 0.717) is 5.01 Å². The van der Waals surface area contributed by atoms with Crippen LogP contribution in [0, 0.1) is 20.2 Å². The first kappa shape index (κ1) is 19.0. The molecule has 0 fully saturated rings. The van der Waals surface area contributed by atoms with Gasteiger partial charge in [-0.1, -0.05) is 10.2 Å². The molecule has 0 spiro atoms. The van der Waals surface area contributed by atoms with Crippen LogP contribution in [0.15, 0.2) is 10.2 Å². The van der Waals surface area contributed by atoms with Crippen molar-refractivity contribution in [2.45, 2.75) is 12.1 Å². The van der Waals surface area contributed by atoms with Crippen LogP contribution < -0.4 is 0 Å². The number of nitro groups is 1. The Hall–Kier alpha value is -3.02. The largest absolute Gasteiger partial charge is 0.379 e. The predicted octanol–water partition coefficient (Wildman–Crippen LogP) is 0.693. The second-order valence-electron chi connectivity index (χ2n) is 3.84. The van der Waals surface area contributed by atoms with E-state index >= 15 is 0 Å². The van der Waals surface area contributed by atoms with Gasteiger partial charge in [0, 0.05) is 16.4 Å². The summed E-state index contributed by atoms with van der Waals surface area (Å²) in [7, 11) is 1.11. The van der Waals surface area contributed by atoms with Crippen LogP contribution >= 0.6 is 0 Å². The summed E-state index contributed by atoms with van der Waals surface area (Å²) in [6, 6.07) is -0.801. The Morgan fingerprint density at radius 2 is 1.95 bits per heavy atom. The highest BCUT2D eigenvalue weighted by molar-refractivity contribution is 4.70. The average molecular weight is 319 g/mol. The van der Waals surface area contributed by atoms with Crippen LogP contribution in [-0.2, 0) is 9.57 Å². The fraction of sp³-hybridized carbons (Fsp3) is 1.00. The third-order valence-electron chi connectivity index (χ3n) is 2.17. The van der Waals surface area contributed by atoms with E-state index in [9.17, 15) is 20.2 Å². The van der Waals surface area contributed by atoms with E-state index in [0.717, 1.165) is 7.05 Å². The molecule has 0 saturated carbocycles. The topological polar surface area (TPSA) is 206 Å². The van der Waals surface area contributed by atoms with Crippen LogP contribution in [0.3, 0.4) is 0 Å². The van der Waals surface area contributed by atoms with Crippen molar-refractivity contribution >= 4 is 0 Å². The summed E-state index contributed by atoms with van der Waals surface area (Å²) < 4.78 is 5.06. The fourth-order valence-corrected chi connectivity index (χ4v) is 1.26. The number of nitrogens with zero attached hydrogens (tertiary/aromatic N) is 9. The van der Waals surface area contributed by atoms with Gasteiger partial charge in [0.05, 0.1) is 26.3 Å². The Morgan fingerprint density at radius 3 is 2.45 bits per heavy atom. The number of ether oxygens (including phenoxy) is 1. The molecule has 0 aliphatic rings. The lowest BCUT2D eigenvalue weighted by Crippen LogP contribution is -2.39. The third-order valence-corrected chi connectivity index (χ3v) is 2.17. The number of azide groups is 2. The maximum Gasteiger partial charge on any atom is 0.294 e. The van der Waals surface area contributed by atoms with Gasteiger partial charge >= 0.3 is 0 Å². The minimum Gasteiger partial charge on any atom is -0.379 e. The molecule has 22 heavy (non-hydrogen) atoms. The Morgan fingerprint density at radius 1 is 1.27 bits per heavy atom. The number of hydrogen-bond donors (Lipinski definition) is 0. The molecule has 0 radical (unpaired) electrons. The molecule has 0 aromatic carbocycles. The van der Waals surface area contributed by atoms with Crippen molar-refractivity contribution < 1.29 is 19.7 Å². The van der Waals surface area contributed by atoms with E-state index in [1.165, 1.54) is 0 Å². The van der Waals surface area contributed by atoms with Crippen LogP contribution in [-0.4, -0.2) is 60.6 Å². The predicted molar refractivity (Wildman–Crippen MR) is 69.3 cm³/mol. The van der Waals surface area contributed by atoms with E-state index in [2.05, 4.69) is 24.9 Å². The second-order valence-corrected chi connectivity index (χ2v) is 3.84. The van der Waals surface area contributed by atoms with Crippen molar-refractivity contribution in [3.8, 4) is 0 Å². The van der Waals surface area contributed by atoms with Gasteiger partial charge in [-0.3, -0.25) is 0 Å². The minimum atomic E-state index is -1.21. The lowest BCUT2D eigenvalue weighted by Gasteiger charge is -2.18. The smallest absolute Gasteiger partial charge is 0.294 e. The molecule has 0 amide bonds. The molecule has 2 unspecified atom stereocenters. The number of rotatable bonds is 12. The maximum absolute atomic E-state index is 10.5. The number of hydrazine groups is 1. The van der Waals surface area contributed by atoms with Gasteiger partial charge in [-0.15, -0.1) is 15.1 Å². The Kier molecular flexibility index (Phi) is 9.26. The molecule has 0 aliphatic heterocycles. The molecule has 0 heterocycles. The molecular weight excluding hydrogens is 306 g/mol. The van der Waals surface area contributed by atoms with Crippen molar-refractivity contribution in [2.24, 2.45) is 10.2 Å². The Labute approximate surface area is 122 Å². The highest BCUT2D eigenvalue weighted by Gasteiger charge is 2.21. The van der Waals surface area contributed by atoms with Crippen molar-refractivity contribution in [3.63, 3.8) is 0 Å². The summed E-state index contributed by atoms with van der Waals surface area (Å²) in [6.07, 6.45) is -1.21. The zero-order chi connectivity index (χ0) is 17.0. The Balaban J connectivity index is 4.46. The minimum absolute atomic E-state index is 0.157. The van der Waals surface area contributed by atoms with Gasteiger partial charge in [0.2, 0.25) is 0 Å². The summed E-state index contributed by atoms with van der Waals surface area (Å²) in [6.45, 7) is -1.09. The molecule has 0 N–H and O–H groups in total. The lowest BCUT2D eigenvalue weighted by molar-refractivity contribution is -0.772. The lowest BCUT2D eigenvalue weighted by atomic mass is 10.3. The van der Waals surface area contributed by atoms with Crippen molar-refractivity contribution in [3.05, 3.63) is 41.1 Å². The summed E-state index contributed by atoms with van der Waals surface area (Å²) >= 11 is 0. The molecular formula is C7H13N9O6. The highest BCUT2D eigenvalue weighted by atomic mass is 17.0. The van der Waals surface area contributed by atoms with Crippen molar-refractivity contribution in [2.75, 3.05) is 33.4 Å². The zero-order valence-electron chi connectivity index (χ0n) is 11.5. The van der Waals surface area contributed by atoms with Crippen molar-refractivity contribution in [1.29, 1.82) is 0 Å². The summed E-state index contributed by atoms with van der Waals surface area (Å²) in [5.41, 5.74) is 16.5. The molecule has 0 aromatic heterocycles. The van der Waals surface area contributed by atoms with Gasteiger partial charge in [0.15, 0.2) is 11.1 Å². The monoisotopic (exact) mass is 319 g/mol.